The molecule has 0 aromatic heterocycles. The fourth-order valence-electron chi connectivity index (χ4n) is 2.58. The molecule has 30 heavy (non-hydrogen) atoms. The molecule has 0 spiro atoms. The van der Waals surface area contributed by atoms with Crippen LogP contribution in [-0.2, 0) is 27.8 Å². The van der Waals surface area contributed by atoms with Crippen molar-refractivity contribution in [2.24, 2.45) is 10.9 Å². The summed E-state index contributed by atoms with van der Waals surface area (Å²) in [5.74, 6) is 0.119. The lowest BCUT2D eigenvalue weighted by molar-refractivity contribution is -0.119. The van der Waals surface area contributed by atoms with Crippen molar-refractivity contribution in [1.29, 1.82) is 0 Å². The Balaban J connectivity index is 0.00000450. The zero-order valence-electron chi connectivity index (χ0n) is 16.4. The largest absolute Gasteiger partial charge is 0.490 e. The highest BCUT2D eigenvalue weighted by molar-refractivity contribution is 7.89. The predicted octanol–water partition coefficient (Wildman–Crippen LogP) is 2.00. The molecule has 2 aromatic rings. The molecule has 5 N–H and O–H groups in total. The lowest BCUT2D eigenvalue weighted by Gasteiger charge is -2.15. The molecule has 0 aliphatic rings. The van der Waals surface area contributed by atoms with Crippen LogP contribution in [0.3, 0.4) is 0 Å². The Kier molecular flexibility index (Phi) is 10.4. The number of nitrogens with one attached hydrogen (secondary N) is 1. The summed E-state index contributed by atoms with van der Waals surface area (Å²) in [7, 11) is -3.68. The number of hydrogen-bond donors (Lipinski definition) is 3. The maximum Gasteiger partial charge on any atom is 0.255 e. The van der Waals surface area contributed by atoms with Gasteiger partial charge in [0.05, 0.1) is 16.5 Å². The number of sulfonamides is 1. The summed E-state index contributed by atoms with van der Waals surface area (Å²) in [6.07, 6.45) is 0.705. The van der Waals surface area contributed by atoms with Gasteiger partial charge >= 0.3 is 0 Å². The van der Waals surface area contributed by atoms with Gasteiger partial charge in [-0.2, -0.15) is 0 Å². The monoisotopic (exact) mass is 477 g/mol. The van der Waals surface area contributed by atoms with E-state index in [4.69, 9.17) is 31.9 Å². The van der Waals surface area contributed by atoms with Crippen LogP contribution in [0.4, 0.5) is 0 Å². The fourth-order valence-corrected chi connectivity index (χ4v) is 3.38. The summed E-state index contributed by atoms with van der Waals surface area (Å²) in [5, 5.41) is 8.71. The second-order valence-corrected chi connectivity index (χ2v) is 8.18. The van der Waals surface area contributed by atoms with Crippen molar-refractivity contribution in [2.45, 2.75) is 24.8 Å². The molecule has 0 saturated heterocycles. The lowest BCUT2D eigenvalue weighted by Crippen LogP contribution is -2.20. The summed E-state index contributed by atoms with van der Waals surface area (Å²) in [6, 6.07) is 9.97. The molecule has 2 aromatic carbocycles. The third-order valence-corrected chi connectivity index (χ3v) is 5.11. The smallest absolute Gasteiger partial charge is 0.255 e. The highest BCUT2D eigenvalue weighted by Gasteiger charge is 2.13. The van der Waals surface area contributed by atoms with E-state index in [0.717, 1.165) is 11.1 Å². The summed E-state index contributed by atoms with van der Waals surface area (Å²) in [5.41, 5.74) is 6.97. The SMILES string of the molecule is CCOc1cc(CNCCc2ccc(S(N)(=O)=O)cc2)cc(Cl)c1OCC(N)=O.Cl. The fraction of sp³-hybridized carbons (Fsp3) is 0.316. The zero-order chi connectivity index (χ0) is 21.4. The van der Waals surface area contributed by atoms with E-state index in [9.17, 15) is 13.2 Å². The highest BCUT2D eigenvalue weighted by atomic mass is 35.5. The normalized spacial score (nSPS) is 10.9. The van der Waals surface area contributed by atoms with Gasteiger partial charge in [0.2, 0.25) is 10.0 Å². The van der Waals surface area contributed by atoms with Crippen molar-refractivity contribution < 1.29 is 22.7 Å². The quantitative estimate of drug-likeness (QED) is 0.423. The summed E-state index contributed by atoms with van der Waals surface area (Å²) >= 11 is 6.27. The molecular weight excluding hydrogens is 453 g/mol. The first-order valence-corrected chi connectivity index (χ1v) is 10.8. The van der Waals surface area contributed by atoms with Crippen LogP contribution in [-0.4, -0.2) is 34.1 Å². The van der Waals surface area contributed by atoms with E-state index in [1.54, 1.807) is 24.3 Å². The third kappa shape index (κ3) is 8.00. The molecule has 0 aliphatic heterocycles. The standard InChI is InChI=1S/C19H24ClN3O5S.ClH/c1-2-27-17-10-14(9-16(20)19(17)28-12-18(21)24)11-23-8-7-13-3-5-15(6-4-13)29(22,25)26;/h3-6,9-10,23H,2,7-8,11-12H2,1H3,(H2,21,24)(H2,22,25,26);1H. The topological polar surface area (TPSA) is 134 Å². The van der Waals surface area contributed by atoms with Gasteiger partial charge in [0, 0.05) is 6.54 Å². The van der Waals surface area contributed by atoms with Crippen LogP contribution < -0.4 is 25.7 Å². The van der Waals surface area contributed by atoms with Crippen LogP contribution in [0.25, 0.3) is 0 Å². The molecule has 1 amide bonds. The molecule has 0 bridgehead atoms. The van der Waals surface area contributed by atoms with Crippen molar-refractivity contribution in [3.05, 3.63) is 52.5 Å². The minimum absolute atomic E-state index is 0. The molecule has 0 fully saturated rings. The number of nitrogens with two attached hydrogens (primary N) is 2. The number of amides is 1. The van der Waals surface area contributed by atoms with Gasteiger partial charge in [0.25, 0.3) is 5.91 Å². The number of carbonyl (C=O) groups is 1. The Morgan fingerprint density at radius 3 is 2.37 bits per heavy atom. The molecule has 166 valence electrons. The van der Waals surface area contributed by atoms with Gasteiger partial charge in [0.15, 0.2) is 18.1 Å². The number of primary sulfonamides is 1. The average molecular weight is 478 g/mol. The van der Waals surface area contributed by atoms with Crippen molar-refractivity contribution in [3.63, 3.8) is 0 Å². The number of primary amides is 1. The number of ether oxygens (including phenoxy) is 2. The number of benzene rings is 2. The molecule has 0 unspecified atom stereocenters. The van der Waals surface area contributed by atoms with Crippen LogP contribution in [0.2, 0.25) is 5.02 Å². The van der Waals surface area contributed by atoms with Crippen molar-refractivity contribution in [1.82, 2.24) is 5.32 Å². The Bertz CT molecular complexity index is 953. The number of rotatable bonds is 11. The molecule has 0 saturated carbocycles. The van der Waals surface area contributed by atoms with Gasteiger partial charge in [-0.15, -0.1) is 12.4 Å². The lowest BCUT2D eigenvalue weighted by atomic mass is 10.1. The van der Waals surface area contributed by atoms with E-state index in [1.165, 1.54) is 12.1 Å². The summed E-state index contributed by atoms with van der Waals surface area (Å²) in [6.45, 7) is 3.15. The molecule has 11 heteroatoms. The van der Waals surface area contributed by atoms with Crippen LogP contribution in [0.5, 0.6) is 11.5 Å². The van der Waals surface area contributed by atoms with Crippen LogP contribution in [0.15, 0.2) is 41.3 Å². The first-order valence-electron chi connectivity index (χ1n) is 8.89. The minimum atomic E-state index is -3.68. The van der Waals surface area contributed by atoms with Crippen molar-refractivity contribution in [2.75, 3.05) is 19.8 Å². The van der Waals surface area contributed by atoms with E-state index in [2.05, 4.69) is 5.32 Å². The van der Waals surface area contributed by atoms with Gasteiger partial charge in [-0.25, -0.2) is 13.6 Å². The second kappa shape index (κ2) is 12.0. The Morgan fingerprint density at radius 1 is 1.13 bits per heavy atom. The highest BCUT2D eigenvalue weighted by Crippen LogP contribution is 2.36. The van der Waals surface area contributed by atoms with Crippen molar-refractivity contribution in [3.8, 4) is 11.5 Å². The number of carbonyl (C=O) groups excluding carboxylic acids is 1. The number of hydrogen-bond acceptors (Lipinski definition) is 6. The van der Waals surface area contributed by atoms with Gasteiger partial charge < -0.3 is 20.5 Å². The third-order valence-electron chi connectivity index (χ3n) is 3.90. The average Bonchev–Trinajstić information content (AvgIpc) is 2.64. The Hall–Kier alpha value is -2.04. The molecule has 2 rings (SSSR count). The molecule has 0 atom stereocenters. The van der Waals surface area contributed by atoms with Gasteiger partial charge in [-0.3, -0.25) is 4.79 Å². The zero-order valence-corrected chi connectivity index (χ0v) is 18.8. The first kappa shape index (κ1) is 26.0. The van der Waals surface area contributed by atoms with Gasteiger partial charge in [0.1, 0.15) is 0 Å². The molecule has 0 radical (unpaired) electrons. The minimum Gasteiger partial charge on any atom is -0.490 e. The number of halogens is 2. The predicted molar refractivity (Wildman–Crippen MR) is 118 cm³/mol. The van der Waals surface area contributed by atoms with Crippen molar-refractivity contribution >= 4 is 39.9 Å². The molecule has 0 heterocycles. The summed E-state index contributed by atoms with van der Waals surface area (Å²) in [4.78, 5) is 11.0. The van der Waals surface area contributed by atoms with E-state index in [0.29, 0.717) is 36.9 Å². The molecular formula is C19H25Cl2N3O5S. The van der Waals surface area contributed by atoms with Gasteiger partial charge in [-0.1, -0.05) is 23.7 Å². The van der Waals surface area contributed by atoms with E-state index in [1.807, 2.05) is 6.92 Å². The maximum absolute atomic E-state index is 11.3. The van der Waals surface area contributed by atoms with Crippen LogP contribution in [0, 0.1) is 0 Å². The van der Waals surface area contributed by atoms with E-state index >= 15 is 0 Å². The maximum atomic E-state index is 11.3. The van der Waals surface area contributed by atoms with Crippen LogP contribution in [0.1, 0.15) is 18.1 Å². The second-order valence-electron chi connectivity index (χ2n) is 6.21. The Labute approximate surface area is 187 Å². The first-order chi connectivity index (χ1) is 13.7. The molecule has 8 nitrogen and oxygen atoms in total. The molecule has 0 aliphatic carbocycles. The van der Waals surface area contributed by atoms with E-state index in [-0.39, 0.29) is 29.7 Å². The van der Waals surface area contributed by atoms with Crippen LogP contribution >= 0.6 is 24.0 Å². The Morgan fingerprint density at radius 2 is 1.80 bits per heavy atom. The van der Waals surface area contributed by atoms with E-state index < -0.39 is 15.9 Å². The summed E-state index contributed by atoms with van der Waals surface area (Å²) < 4.78 is 33.5. The van der Waals surface area contributed by atoms with Gasteiger partial charge in [-0.05, 0) is 55.3 Å².